The molecule has 3 rings (SSSR count). The average Bonchev–Trinajstić information content (AvgIpc) is 2.81. The summed E-state index contributed by atoms with van der Waals surface area (Å²) in [5.41, 5.74) is -2.78. The lowest BCUT2D eigenvalue weighted by Gasteiger charge is -2.36. The largest absolute Gasteiger partial charge is 0.493 e. The molecule has 1 heterocycles. The second-order valence-electron chi connectivity index (χ2n) is 7.52. The lowest BCUT2D eigenvalue weighted by molar-refractivity contribution is -0.143. The first-order valence-corrected chi connectivity index (χ1v) is 11.5. The molecule has 1 aliphatic rings. The standard InChI is InChI=1S/C21H22F6N2O5S/c1-32-17-11-15(12-18(33-2)19(17)34-3)28-4-6-29(7-5-28)35(30,31)16-9-13(20(22,23)24)8-14(10-16)21(25,26)27/h8-12H,4-7H2,1-3H3. The predicted molar refractivity (Wildman–Crippen MR) is 114 cm³/mol. The number of hydrogen-bond acceptors (Lipinski definition) is 6. The van der Waals surface area contributed by atoms with E-state index in [0.717, 1.165) is 4.31 Å². The van der Waals surface area contributed by atoms with E-state index in [4.69, 9.17) is 14.2 Å². The number of nitrogens with zero attached hydrogens (tertiary/aromatic N) is 2. The molecular weight excluding hydrogens is 506 g/mol. The molecule has 0 spiro atoms. The first kappa shape index (κ1) is 26.7. The Morgan fingerprint density at radius 2 is 1.17 bits per heavy atom. The second-order valence-corrected chi connectivity index (χ2v) is 9.45. The summed E-state index contributed by atoms with van der Waals surface area (Å²) >= 11 is 0. The minimum atomic E-state index is -5.16. The lowest BCUT2D eigenvalue weighted by Crippen LogP contribution is -2.48. The number of methoxy groups -OCH3 is 3. The Kier molecular flexibility index (Phi) is 7.37. The molecular formula is C21H22F6N2O5S. The Morgan fingerprint density at radius 3 is 1.54 bits per heavy atom. The molecule has 35 heavy (non-hydrogen) atoms. The van der Waals surface area contributed by atoms with Crippen LogP contribution in [0.15, 0.2) is 35.2 Å². The number of halogens is 6. The molecule has 0 amide bonds. The molecule has 1 saturated heterocycles. The van der Waals surface area contributed by atoms with E-state index in [1.54, 1.807) is 17.0 Å². The fourth-order valence-electron chi connectivity index (χ4n) is 3.66. The SMILES string of the molecule is COc1cc(N2CCN(S(=O)(=O)c3cc(C(F)(F)F)cc(C(F)(F)F)c3)CC2)cc(OC)c1OC. The summed E-state index contributed by atoms with van der Waals surface area (Å²) in [6, 6.07) is 3.62. The maximum atomic E-state index is 13.2. The van der Waals surface area contributed by atoms with Gasteiger partial charge in [-0.3, -0.25) is 0 Å². The van der Waals surface area contributed by atoms with Gasteiger partial charge < -0.3 is 19.1 Å². The van der Waals surface area contributed by atoms with Gasteiger partial charge in [-0.05, 0) is 18.2 Å². The molecule has 1 aliphatic heterocycles. The fraction of sp³-hybridized carbons (Fsp3) is 0.429. The smallest absolute Gasteiger partial charge is 0.416 e. The molecule has 0 unspecified atom stereocenters. The highest BCUT2D eigenvalue weighted by atomic mass is 32.2. The minimum Gasteiger partial charge on any atom is -0.493 e. The minimum absolute atomic E-state index is 0.110. The van der Waals surface area contributed by atoms with Crippen LogP contribution >= 0.6 is 0 Å². The third kappa shape index (κ3) is 5.53. The van der Waals surface area contributed by atoms with Crippen molar-refractivity contribution in [3.05, 3.63) is 41.5 Å². The van der Waals surface area contributed by atoms with Crippen molar-refractivity contribution in [1.29, 1.82) is 0 Å². The number of sulfonamides is 1. The molecule has 0 aromatic heterocycles. The molecule has 194 valence electrons. The van der Waals surface area contributed by atoms with Crippen molar-refractivity contribution in [2.75, 3.05) is 52.4 Å². The number of benzene rings is 2. The molecule has 2 aromatic carbocycles. The Balaban J connectivity index is 1.89. The first-order valence-electron chi connectivity index (χ1n) is 10.1. The van der Waals surface area contributed by atoms with Gasteiger partial charge in [0.05, 0.1) is 37.4 Å². The van der Waals surface area contributed by atoms with Crippen molar-refractivity contribution < 1.29 is 49.0 Å². The maximum absolute atomic E-state index is 13.2. The van der Waals surface area contributed by atoms with E-state index in [9.17, 15) is 34.8 Å². The highest BCUT2D eigenvalue weighted by molar-refractivity contribution is 7.89. The zero-order valence-corrected chi connectivity index (χ0v) is 19.6. The van der Waals surface area contributed by atoms with Crippen molar-refractivity contribution in [1.82, 2.24) is 4.31 Å². The summed E-state index contributed by atoms with van der Waals surface area (Å²) in [6.45, 7) is -0.112. The lowest BCUT2D eigenvalue weighted by atomic mass is 10.1. The Morgan fingerprint density at radius 1 is 0.714 bits per heavy atom. The third-order valence-electron chi connectivity index (χ3n) is 5.45. The van der Waals surface area contributed by atoms with Gasteiger partial charge in [-0.25, -0.2) is 8.42 Å². The van der Waals surface area contributed by atoms with Crippen molar-refractivity contribution in [3.8, 4) is 17.2 Å². The normalized spacial score (nSPS) is 15.7. The Labute approximate surface area is 197 Å². The van der Waals surface area contributed by atoms with Crippen LogP contribution in [0.3, 0.4) is 0 Å². The molecule has 0 atom stereocenters. The number of hydrogen-bond donors (Lipinski definition) is 0. The average molecular weight is 528 g/mol. The van der Waals surface area contributed by atoms with E-state index in [2.05, 4.69) is 0 Å². The van der Waals surface area contributed by atoms with Crippen LogP contribution in [0.5, 0.6) is 17.2 Å². The summed E-state index contributed by atoms with van der Waals surface area (Å²) in [4.78, 5) is 0.713. The third-order valence-corrected chi connectivity index (χ3v) is 7.33. The Bertz CT molecular complexity index is 1120. The number of ether oxygens (including phenoxy) is 3. The zero-order chi connectivity index (χ0) is 26.2. The topological polar surface area (TPSA) is 68.3 Å². The van der Waals surface area contributed by atoms with Crippen molar-refractivity contribution in [2.45, 2.75) is 17.2 Å². The quantitative estimate of drug-likeness (QED) is 0.522. The van der Waals surface area contributed by atoms with Crippen LogP contribution in [0.4, 0.5) is 32.0 Å². The highest BCUT2D eigenvalue weighted by Gasteiger charge is 2.39. The van der Waals surface area contributed by atoms with Crippen LogP contribution in [0, 0.1) is 0 Å². The number of alkyl halides is 6. The van der Waals surface area contributed by atoms with Gasteiger partial charge in [-0.1, -0.05) is 0 Å². The van der Waals surface area contributed by atoms with Crippen LogP contribution in [-0.2, 0) is 22.4 Å². The van der Waals surface area contributed by atoms with Crippen molar-refractivity contribution in [2.24, 2.45) is 0 Å². The Hall–Kier alpha value is -2.87. The van der Waals surface area contributed by atoms with Gasteiger partial charge in [0.25, 0.3) is 0 Å². The van der Waals surface area contributed by atoms with Gasteiger partial charge >= 0.3 is 12.4 Å². The van der Waals surface area contributed by atoms with Crippen molar-refractivity contribution >= 4 is 15.7 Å². The van der Waals surface area contributed by atoms with Gasteiger partial charge in [0.1, 0.15) is 0 Å². The van der Waals surface area contributed by atoms with E-state index in [1.165, 1.54) is 21.3 Å². The summed E-state index contributed by atoms with van der Waals surface area (Å²) in [7, 11) is -0.347. The van der Waals surface area contributed by atoms with Gasteiger partial charge in [-0.2, -0.15) is 30.6 Å². The number of rotatable bonds is 6. The second kappa shape index (κ2) is 9.64. The molecule has 2 aromatic rings. The maximum Gasteiger partial charge on any atom is 0.416 e. The molecule has 0 N–H and O–H groups in total. The molecule has 0 radical (unpaired) electrons. The summed E-state index contributed by atoms with van der Waals surface area (Å²) in [5.74, 6) is 1.08. The van der Waals surface area contributed by atoms with Crippen LogP contribution in [0.25, 0.3) is 0 Å². The molecule has 0 saturated carbocycles. The van der Waals surface area contributed by atoms with E-state index < -0.39 is 38.4 Å². The molecule has 7 nitrogen and oxygen atoms in total. The fourth-order valence-corrected chi connectivity index (χ4v) is 5.15. The van der Waals surface area contributed by atoms with Crippen molar-refractivity contribution in [3.63, 3.8) is 0 Å². The predicted octanol–water partition coefficient (Wildman–Crippen LogP) is 4.26. The van der Waals surface area contributed by atoms with E-state index in [0.29, 0.717) is 22.9 Å². The van der Waals surface area contributed by atoms with Gasteiger partial charge in [0, 0.05) is 44.0 Å². The van der Waals surface area contributed by atoms with E-state index in [-0.39, 0.29) is 44.4 Å². The zero-order valence-electron chi connectivity index (χ0n) is 18.8. The first-order chi connectivity index (χ1) is 16.2. The summed E-state index contributed by atoms with van der Waals surface area (Å²) in [5, 5.41) is 0. The highest BCUT2D eigenvalue weighted by Crippen LogP contribution is 2.42. The van der Waals surface area contributed by atoms with Crippen LogP contribution in [0.2, 0.25) is 0 Å². The van der Waals surface area contributed by atoms with E-state index in [1.807, 2.05) is 0 Å². The number of piperazine rings is 1. The summed E-state index contributed by atoms with van der Waals surface area (Å²) < 4.78 is 122. The van der Waals surface area contributed by atoms with Crippen LogP contribution < -0.4 is 19.1 Å². The monoisotopic (exact) mass is 528 g/mol. The molecule has 14 heteroatoms. The van der Waals surface area contributed by atoms with Gasteiger partial charge in [0.15, 0.2) is 11.5 Å². The number of anilines is 1. The summed E-state index contributed by atoms with van der Waals surface area (Å²) in [6.07, 6.45) is -10.3. The van der Waals surface area contributed by atoms with Crippen LogP contribution in [0.1, 0.15) is 11.1 Å². The van der Waals surface area contributed by atoms with Crippen LogP contribution in [-0.4, -0.2) is 60.2 Å². The van der Waals surface area contributed by atoms with Gasteiger partial charge in [0.2, 0.25) is 15.8 Å². The molecule has 1 fully saturated rings. The van der Waals surface area contributed by atoms with Gasteiger partial charge in [-0.15, -0.1) is 0 Å². The van der Waals surface area contributed by atoms with E-state index >= 15 is 0 Å². The molecule has 0 bridgehead atoms. The molecule has 0 aliphatic carbocycles.